The van der Waals surface area contributed by atoms with Crippen LogP contribution >= 0.6 is 11.6 Å². The SMILES string of the molecule is Clc1ccc(-c2ccc3c(c2)c2ccccc2n3-c2ccccc2)cc1.[I-].c1ccc(-c2ccc(N(c3ccc(-c4ccc5c(c4)c4ccccc4n5-c4ccccc4)cc3)c3ccc(-c4cccc5c4oc4ccccc45)cc3)cc2)cc1.c1ccc(-c2ccc(Nc3ccc(-c4cccc5c4oc4ccccc45)cc3)cc2)cc1. The molecular formula is C108H73ClIN4O2-. The number of halogens is 2. The van der Waals surface area contributed by atoms with Crippen LogP contribution in [0.4, 0.5) is 28.4 Å². The van der Waals surface area contributed by atoms with Crippen LogP contribution in [-0.4, -0.2) is 9.13 Å². The number of fused-ring (bicyclic) bond motifs is 12. The number of hydrogen-bond acceptors (Lipinski definition) is 4. The molecule has 0 amide bonds. The maximum absolute atomic E-state index is 6.40. The zero-order valence-corrected chi connectivity index (χ0v) is 65.9. The van der Waals surface area contributed by atoms with E-state index in [2.05, 4.69) is 414 Å². The van der Waals surface area contributed by atoms with Gasteiger partial charge in [0.05, 0.1) is 22.1 Å². The van der Waals surface area contributed by atoms with Crippen molar-refractivity contribution in [3.63, 3.8) is 0 Å². The molecule has 22 rings (SSSR count). The molecule has 4 aromatic heterocycles. The highest BCUT2D eigenvalue weighted by atomic mass is 127. The predicted octanol–water partition coefficient (Wildman–Crippen LogP) is 27.9. The summed E-state index contributed by atoms with van der Waals surface area (Å²) >= 11 is 6.04. The summed E-state index contributed by atoms with van der Waals surface area (Å²) in [4.78, 5) is 2.33. The summed E-state index contributed by atoms with van der Waals surface area (Å²) in [7, 11) is 0. The lowest BCUT2D eigenvalue weighted by Crippen LogP contribution is -3.00. The Kier molecular flexibility index (Phi) is 19.7. The molecule has 0 aliphatic heterocycles. The van der Waals surface area contributed by atoms with Gasteiger partial charge < -0.3 is 52.2 Å². The topological polar surface area (TPSA) is 51.4 Å². The average Bonchev–Trinajstić information content (AvgIpc) is 1.59. The van der Waals surface area contributed by atoms with E-state index in [1.807, 2.05) is 42.5 Å². The maximum Gasteiger partial charge on any atom is 0.143 e. The zero-order valence-electron chi connectivity index (χ0n) is 63.0. The standard InChI is InChI=1S/C54H36N2O.C30H21NO.C24H16ClN.HI/c1-3-12-37(13-4-1)38-22-29-43(30-23-38)55(45-33-26-40(27-34-45)46-18-11-19-49-48-17-8-10-21-53(48)57-54(46)49)44-31-24-39(25-32-44)41-28-35-52-50(36-41)47-16-7-9-20-51(47)56(52)42-14-5-2-6-15-42;1-2-7-21(8-3-1)22-13-17-24(18-14-22)31-25-19-15-23(16-20-25)26-10-6-11-28-27-9-4-5-12-29(27)32-30(26)28;25-19-13-10-17(11-14-19)18-12-15-24-22(16-18)21-8-4-5-9-23(21)26(24)20-6-2-1-3-7-20;/h1-36H;1-20,31H;1-16H;1H/p-1. The molecule has 8 heteroatoms. The van der Waals surface area contributed by atoms with Crippen LogP contribution in [0.15, 0.2) is 446 Å². The van der Waals surface area contributed by atoms with Crippen LogP contribution in [-0.2, 0) is 0 Å². The molecule has 0 bridgehead atoms. The van der Waals surface area contributed by atoms with Crippen LogP contribution in [0.1, 0.15) is 0 Å². The zero-order chi connectivity index (χ0) is 76.5. The molecule has 18 aromatic carbocycles. The molecule has 0 atom stereocenters. The molecule has 116 heavy (non-hydrogen) atoms. The molecule has 0 aliphatic carbocycles. The van der Waals surface area contributed by atoms with Gasteiger partial charge in [-0.05, 0) is 201 Å². The summed E-state index contributed by atoms with van der Waals surface area (Å²) in [6, 6.07) is 154. The number of hydrogen-bond donors (Lipinski definition) is 1. The van der Waals surface area contributed by atoms with Crippen molar-refractivity contribution in [1.29, 1.82) is 0 Å². The van der Waals surface area contributed by atoms with Crippen molar-refractivity contribution in [2.75, 3.05) is 10.2 Å². The Labute approximate surface area is 694 Å². The van der Waals surface area contributed by atoms with Gasteiger partial charge in [0, 0.05) is 99.1 Å². The predicted molar refractivity (Wildman–Crippen MR) is 485 cm³/mol. The minimum atomic E-state index is 0. The Morgan fingerprint density at radius 2 is 0.517 bits per heavy atom. The van der Waals surface area contributed by atoms with Crippen LogP contribution in [0, 0.1) is 0 Å². The Morgan fingerprint density at radius 1 is 0.224 bits per heavy atom. The van der Waals surface area contributed by atoms with Crippen LogP contribution in [0.3, 0.4) is 0 Å². The largest absolute Gasteiger partial charge is 1.00 e. The van der Waals surface area contributed by atoms with Crippen LogP contribution in [0.2, 0.25) is 5.02 Å². The van der Waals surface area contributed by atoms with Gasteiger partial charge in [-0.2, -0.15) is 0 Å². The first-order valence-electron chi connectivity index (χ1n) is 38.9. The van der Waals surface area contributed by atoms with Gasteiger partial charge in [0.25, 0.3) is 0 Å². The Hall–Kier alpha value is -14.2. The molecule has 22 aromatic rings. The van der Waals surface area contributed by atoms with E-state index in [4.69, 9.17) is 20.4 Å². The molecule has 0 spiro atoms. The van der Waals surface area contributed by atoms with E-state index in [1.165, 1.54) is 93.8 Å². The highest BCUT2D eigenvalue weighted by Crippen LogP contribution is 2.44. The fraction of sp³-hybridized carbons (Fsp3) is 0. The number of nitrogens with one attached hydrogen (secondary N) is 1. The third kappa shape index (κ3) is 14.0. The van der Waals surface area contributed by atoms with Gasteiger partial charge in [-0.1, -0.05) is 303 Å². The average molecular weight is 1620 g/mol. The van der Waals surface area contributed by atoms with Gasteiger partial charge in [0.15, 0.2) is 0 Å². The number of benzene rings is 18. The van der Waals surface area contributed by atoms with Crippen molar-refractivity contribution in [3.05, 3.63) is 442 Å². The van der Waals surface area contributed by atoms with Crippen molar-refractivity contribution in [2.45, 2.75) is 0 Å². The number of furan rings is 2. The maximum atomic E-state index is 6.40. The second kappa shape index (κ2) is 31.7. The van der Waals surface area contributed by atoms with Crippen molar-refractivity contribution >= 4 is 128 Å². The minimum Gasteiger partial charge on any atom is -1.00 e. The molecule has 0 aliphatic rings. The minimum absolute atomic E-state index is 0. The quantitative estimate of drug-likeness (QED) is 0.117. The summed E-state index contributed by atoms with van der Waals surface area (Å²) in [6.45, 7) is 0. The number of nitrogens with zero attached hydrogens (tertiary/aromatic N) is 3. The fourth-order valence-electron chi connectivity index (χ4n) is 16.4. The lowest BCUT2D eigenvalue weighted by molar-refractivity contribution is -0.0000221. The summed E-state index contributed by atoms with van der Waals surface area (Å²) in [5.74, 6) is 0. The van der Waals surface area contributed by atoms with Crippen LogP contribution in [0.25, 0.3) is 166 Å². The van der Waals surface area contributed by atoms with Gasteiger partial charge in [-0.15, -0.1) is 0 Å². The third-order valence-electron chi connectivity index (χ3n) is 22.0. The summed E-state index contributed by atoms with van der Waals surface area (Å²) in [5.41, 5.74) is 30.2. The second-order valence-electron chi connectivity index (χ2n) is 28.9. The number of aromatic nitrogens is 2. The van der Waals surface area contributed by atoms with Gasteiger partial charge in [-0.3, -0.25) is 0 Å². The molecular weight excluding hydrogens is 1550 g/mol. The van der Waals surface area contributed by atoms with Crippen LogP contribution < -0.4 is 34.2 Å². The number of rotatable bonds is 13. The molecule has 0 saturated carbocycles. The van der Waals surface area contributed by atoms with Crippen LogP contribution in [0.5, 0.6) is 0 Å². The normalized spacial score (nSPS) is 11.2. The first-order chi connectivity index (χ1) is 56.9. The Morgan fingerprint density at radius 3 is 0.931 bits per heavy atom. The van der Waals surface area contributed by atoms with Crippen molar-refractivity contribution < 1.29 is 32.8 Å². The van der Waals surface area contributed by atoms with Gasteiger partial charge >= 0.3 is 0 Å². The molecule has 1 N–H and O–H groups in total. The summed E-state index contributed by atoms with van der Waals surface area (Å²) in [6.07, 6.45) is 0. The van der Waals surface area contributed by atoms with Crippen molar-refractivity contribution in [3.8, 4) is 78.1 Å². The first-order valence-corrected chi connectivity index (χ1v) is 39.2. The smallest absolute Gasteiger partial charge is 0.143 e. The molecule has 0 unspecified atom stereocenters. The Balaban J connectivity index is 0.000000128. The highest BCUT2D eigenvalue weighted by molar-refractivity contribution is 6.30. The highest BCUT2D eigenvalue weighted by Gasteiger charge is 2.20. The van der Waals surface area contributed by atoms with Gasteiger partial charge in [0.2, 0.25) is 0 Å². The van der Waals surface area contributed by atoms with Crippen molar-refractivity contribution in [1.82, 2.24) is 9.13 Å². The van der Waals surface area contributed by atoms with Gasteiger partial charge in [0.1, 0.15) is 22.3 Å². The van der Waals surface area contributed by atoms with E-state index in [9.17, 15) is 0 Å². The lowest BCUT2D eigenvalue weighted by atomic mass is 10.0. The van der Waals surface area contributed by atoms with E-state index < -0.39 is 0 Å². The lowest BCUT2D eigenvalue weighted by Gasteiger charge is -2.26. The molecule has 0 saturated heterocycles. The van der Waals surface area contributed by atoms with Gasteiger partial charge in [-0.25, -0.2) is 0 Å². The first kappa shape index (κ1) is 72.1. The molecule has 0 radical (unpaired) electrons. The second-order valence-corrected chi connectivity index (χ2v) is 29.3. The van der Waals surface area contributed by atoms with E-state index in [-0.39, 0.29) is 24.0 Å². The Bertz CT molecular complexity index is 7250. The monoisotopic (exact) mass is 1620 g/mol. The molecule has 552 valence electrons. The number of para-hydroxylation sites is 8. The fourth-order valence-corrected chi connectivity index (χ4v) is 16.5. The third-order valence-corrected chi connectivity index (χ3v) is 22.2. The molecule has 6 nitrogen and oxygen atoms in total. The summed E-state index contributed by atoms with van der Waals surface area (Å²) < 4.78 is 17.3. The van der Waals surface area contributed by atoms with E-state index in [1.54, 1.807) is 0 Å². The van der Waals surface area contributed by atoms with E-state index in [0.29, 0.717) is 0 Å². The number of anilines is 5. The van der Waals surface area contributed by atoms with Crippen molar-refractivity contribution in [2.24, 2.45) is 0 Å². The van der Waals surface area contributed by atoms with E-state index in [0.717, 1.165) is 105 Å². The molecule has 4 heterocycles. The van der Waals surface area contributed by atoms with E-state index >= 15 is 0 Å². The summed E-state index contributed by atoms with van der Waals surface area (Å²) in [5, 5.41) is 13.9. The molecule has 0 fully saturated rings.